The fourth-order valence-electron chi connectivity index (χ4n) is 0.0680. The summed E-state index contributed by atoms with van der Waals surface area (Å²) in [5.74, 6) is 2.27. The fourth-order valence-corrected chi connectivity index (χ4v) is 0.0680. The van der Waals surface area contributed by atoms with Crippen LogP contribution in [0.15, 0.2) is 12.2 Å². The van der Waals surface area contributed by atoms with Crippen LogP contribution >= 0.6 is 0 Å². The molecule has 0 atom stereocenters. The summed E-state index contributed by atoms with van der Waals surface area (Å²) in [5.41, 5.74) is 0. The van der Waals surface area contributed by atoms with E-state index in [0.717, 1.165) is 0 Å². The Bertz CT molecular complexity index is 62.6. The van der Waals surface area contributed by atoms with E-state index in [1.54, 1.807) is 12.2 Å². The molecule has 0 unspecified atom stereocenters. The van der Waals surface area contributed by atoms with Gasteiger partial charge in [0.25, 0.3) is 0 Å². The lowest BCUT2D eigenvalue weighted by Gasteiger charge is -1.51. The first kappa shape index (κ1) is 4.30. The normalized spacial score (nSPS) is 8.00. The van der Waals surface area contributed by atoms with Gasteiger partial charge in [0.2, 0.25) is 0 Å². The van der Waals surface area contributed by atoms with Gasteiger partial charge in [0.05, 0.1) is 0 Å². The summed E-state index contributed by atoms with van der Waals surface area (Å²) in [5, 5.41) is 0. The summed E-state index contributed by atoms with van der Waals surface area (Å²) in [6.07, 6.45) is 7.87. The van der Waals surface area contributed by atoms with E-state index in [1.165, 1.54) is 0 Å². The molecule has 0 aliphatic rings. The van der Waals surface area contributed by atoms with Gasteiger partial charge in [-0.25, -0.2) is 0 Å². The minimum atomic E-state index is 1.54. The largest absolute Gasteiger partial charge is 0.115 e. The summed E-state index contributed by atoms with van der Waals surface area (Å²) in [6, 6.07) is 0. The quantitative estimate of drug-likeness (QED) is 0.369. The average Bonchev–Trinajstić information content (AvgIpc) is 1.41. The van der Waals surface area contributed by atoms with Crippen molar-refractivity contribution in [2.24, 2.45) is 0 Å². The molecule has 0 aliphatic heterocycles. The van der Waals surface area contributed by atoms with Gasteiger partial charge in [0.1, 0.15) is 0 Å². The van der Waals surface area contributed by atoms with Crippen molar-refractivity contribution in [3.63, 3.8) is 0 Å². The number of hydrogen-bond acceptors (Lipinski definition) is 0. The molecule has 0 spiro atoms. The summed E-state index contributed by atoms with van der Waals surface area (Å²) >= 11 is 0. The monoisotopic (exact) mass is 65.0 g/mol. The van der Waals surface area contributed by atoms with Gasteiger partial charge in [-0.15, -0.1) is 6.42 Å². The maximum atomic E-state index is 4.76. The minimum absolute atomic E-state index is 1.54. The SMILES string of the molecule is C#C/C=C\[CH2]. The molecule has 0 aromatic rings. The van der Waals surface area contributed by atoms with Crippen molar-refractivity contribution < 1.29 is 0 Å². The van der Waals surface area contributed by atoms with Crippen LogP contribution in [0.5, 0.6) is 0 Å². The Balaban J connectivity index is 3.04. The first-order valence-corrected chi connectivity index (χ1v) is 1.32. The Morgan fingerprint density at radius 3 is 2.40 bits per heavy atom. The standard InChI is InChI=1S/C5H5/c1-3-5-4-2/h1,4-5H,2H2/b5-4-. The average molecular weight is 65.1 g/mol. The Morgan fingerprint density at radius 1 is 1.80 bits per heavy atom. The maximum Gasteiger partial charge on any atom is -0.0161 e. The Kier molecular flexibility index (Phi) is 2.84. The zero-order valence-electron chi connectivity index (χ0n) is 2.94. The van der Waals surface area contributed by atoms with Crippen LogP contribution < -0.4 is 0 Å². The third-order valence-corrected chi connectivity index (χ3v) is 0.214. The maximum absolute atomic E-state index is 4.76. The van der Waals surface area contributed by atoms with Crippen molar-refractivity contribution in [2.75, 3.05) is 0 Å². The van der Waals surface area contributed by atoms with Gasteiger partial charge in [-0.05, 0) is 13.0 Å². The molecule has 0 saturated heterocycles. The minimum Gasteiger partial charge on any atom is -0.115 e. The molecule has 0 N–H and O–H groups in total. The summed E-state index contributed by atoms with van der Waals surface area (Å²) < 4.78 is 0. The second-order valence-corrected chi connectivity index (χ2v) is 0.569. The van der Waals surface area contributed by atoms with Crippen molar-refractivity contribution in [1.29, 1.82) is 0 Å². The zero-order valence-corrected chi connectivity index (χ0v) is 2.94. The molecular formula is C5H5. The second kappa shape index (κ2) is 3.30. The van der Waals surface area contributed by atoms with Gasteiger partial charge in [0, 0.05) is 0 Å². The van der Waals surface area contributed by atoms with Crippen LogP contribution in [0.1, 0.15) is 0 Å². The van der Waals surface area contributed by atoms with Crippen LogP contribution in [-0.4, -0.2) is 0 Å². The predicted octanol–water partition coefficient (Wildman–Crippen LogP) is 1.01. The van der Waals surface area contributed by atoms with Crippen LogP contribution in [0.4, 0.5) is 0 Å². The van der Waals surface area contributed by atoms with Crippen LogP contribution in [0.2, 0.25) is 0 Å². The van der Waals surface area contributed by atoms with E-state index in [-0.39, 0.29) is 0 Å². The van der Waals surface area contributed by atoms with Crippen LogP contribution in [0.3, 0.4) is 0 Å². The van der Waals surface area contributed by atoms with E-state index in [2.05, 4.69) is 12.8 Å². The molecule has 0 heteroatoms. The van der Waals surface area contributed by atoms with E-state index in [1.807, 2.05) is 0 Å². The highest BCUT2D eigenvalue weighted by Gasteiger charge is 1.41. The van der Waals surface area contributed by atoms with E-state index >= 15 is 0 Å². The molecule has 5 heavy (non-hydrogen) atoms. The Labute approximate surface area is 32.5 Å². The molecule has 25 valence electrons. The molecule has 0 aliphatic carbocycles. The number of hydrogen-bond donors (Lipinski definition) is 0. The van der Waals surface area contributed by atoms with Gasteiger partial charge in [-0.2, -0.15) is 0 Å². The molecule has 0 rings (SSSR count). The number of terminal acetylenes is 1. The van der Waals surface area contributed by atoms with E-state index < -0.39 is 0 Å². The predicted molar refractivity (Wildman–Crippen MR) is 23.3 cm³/mol. The van der Waals surface area contributed by atoms with Gasteiger partial charge in [-0.1, -0.05) is 12.0 Å². The lowest BCUT2D eigenvalue weighted by atomic mass is 10.6. The molecule has 0 saturated carbocycles. The Morgan fingerprint density at radius 2 is 2.40 bits per heavy atom. The second-order valence-electron chi connectivity index (χ2n) is 0.569. The van der Waals surface area contributed by atoms with E-state index in [4.69, 9.17) is 6.42 Å². The number of rotatable bonds is 0. The van der Waals surface area contributed by atoms with Gasteiger partial charge in [0.15, 0.2) is 0 Å². The first-order valence-electron chi connectivity index (χ1n) is 1.32. The van der Waals surface area contributed by atoms with Crippen LogP contribution in [-0.2, 0) is 0 Å². The van der Waals surface area contributed by atoms with Crippen molar-refractivity contribution in [3.8, 4) is 12.3 Å². The van der Waals surface area contributed by atoms with Gasteiger partial charge in [-0.3, -0.25) is 0 Å². The molecule has 0 nitrogen and oxygen atoms in total. The zero-order chi connectivity index (χ0) is 4.12. The topological polar surface area (TPSA) is 0 Å². The highest BCUT2D eigenvalue weighted by Crippen LogP contribution is 1.57. The third kappa shape index (κ3) is 3.30. The Hall–Kier alpha value is -0.700. The van der Waals surface area contributed by atoms with Gasteiger partial charge >= 0.3 is 0 Å². The first-order chi connectivity index (χ1) is 2.41. The highest BCUT2D eigenvalue weighted by molar-refractivity contribution is 5.09. The van der Waals surface area contributed by atoms with E-state index in [9.17, 15) is 0 Å². The molecule has 0 bridgehead atoms. The third-order valence-electron chi connectivity index (χ3n) is 0.214. The highest BCUT2D eigenvalue weighted by atomic mass is 13.5. The van der Waals surface area contributed by atoms with Crippen molar-refractivity contribution in [1.82, 2.24) is 0 Å². The molecule has 0 heterocycles. The number of allylic oxidation sites excluding steroid dienone is 2. The molecule has 0 aromatic carbocycles. The van der Waals surface area contributed by atoms with Crippen LogP contribution in [0, 0.1) is 19.3 Å². The smallest absolute Gasteiger partial charge is 0.0161 e. The molecule has 0 aromatic heterocycles. The van der Waals surface area contributed by atoms with Crippen LogP contribution in [0.25, 0.3) is 0 Å². The van der Waals surface area contributed by atoms with Crippen molar-refractivity contribution in [3.05, 3.63) is 19.1 Å². The van der Waals surface area contributed by atoms with Crippen molar-refractivity contribution in [2.45, 2.75) is 0 Å². The molecule has 0 fully saturated rings. The fraction of sp³-hybridized carbons (Fsp3) is 0. The van der Waals surface area contributed by atoms with Crippen molar-refractivity contribution >= 4 is 0 Å². The molecule has 1 radical (unpaired) electrons. The summed E-state index contributed by atoms with van der Waals surface area (Å²) in [7, 11) is 0. The summed E-state index contributed by atoms with van der Waals surface area (Å²) in [4.78, 5) is 0. The van der Waals surface area contributed by atoms with E-state index in [0.29, 0.717) is 0 Å². The molecule has 0 amide bonds. The lowest BCUT2D eigenvalue weighted by Crippen LogP contribution is -1.36. The molecular weight excluding hydrogens is 60.1 g/mol. The lowest BCUT2D eigenvalue weighted by molar-refractivity contribution is 2.07. The summed E-state index contributed by atoms with van der Waals surface area (Å²) in [6.45, 7) is 3.35. The van der Waals surface area contributed by atoms with Gasteiger partial charge < -0.3 is 0 Å².